The van der Waals surface area contributed by atoms with Gasteiger partial charge in [-0.25, -0.2) is 4.79 Å². The number of hydrogen-bond acceptors (Lipinski definition) is 6. The zero-order valence-electron chi connectivity index (χ0n) is 16.2. The van der Waals surface area contributed by atoms with Crippen molar-refractivity contribution in [1.29, 1.82) is 0 Å². The molecule has 0 bridgehead atoms. The summed E-state index contributed by atoms with van der Waals surface area (Å²) in [6, 6.07) is 10.8. The number of hydrogen-bond donors (Lipinski definition) is 1. The number of esters is 1. The number of methoxy groups -OCH3 is 1. The Morgan fingerprint density at radius 3 is 2.52 bits per heavy atom. The number of halogens is 3. The molecule has 2 aliphatic rings. The van der Waals surface area contributed by atoms with E-state index >= 15 is 0 Å². The van der Waals surface area contributed by atoms with E-state index in [4.69, 9.17) is 19.2 Å². The van der Waals surface area contributed by atoms with Gasteiger partial charge in [0, 0.05) is 17.6 Å². The van der Waals surface area contributed by atoms with Crippen LogP contribution in [0, 0.1) is 0 Å². The maximum atomic E-state index is 13.2. The largest absolute Gasteiger partial charge is 0.497 e. The van der Waals surface area contributed by atoms with E-state index < -0.39 is 23.5 Å². The second-order valence-corrected chi connectivity index (χ2v) is 6.93. The van der Waals surface area contributed by atoms with E-state index in [0.717, 1.165) is 12.1 Å². The van der Waals surface area contributed by atoms with Crippen LogP contribution in [0.25, 0.3) is 0 Å². The Morgan fingerprint density at radius 1 is 1.16 bits per heavy atom. The highest BCUT2D eigenvalue weighted by atomic mass is 19.4. The molecule has 2 aliphatic heterocycles. The summed E-state index contributed by atoms with van der Waals surface area (Å²) in [5.74, 6) is -2.54. The summed E-state index contributed by atoms with van der Waals surface area (Å²) in [6.07, 6.45) is -3.26. The number of cyclic esters (lactones) is 1. The van der Waals surface area contributed by atoms with Gasteiger partial charge in [-0.2, -0.15) is 18.1 Å². The molecule has 0 aromatic heterocycles. The first-order valence-electron chi connectivity index (χ1n) is 9.22. The highest BCUT2D eigenvalue weighted by Crippen LogP contribution is 2.44. The topological polar surface area (TPSA) is 74.2 Å². The standard InChI is InChI=1S/C22H17F3O6/c1-28-16-7-5-14(6-8-16)21(27)17(19(20(26)30-21)18-9-10-29-31-18)12-13-3-2-4-15(11-13)22(23,24)25/h2-9,11,27H,10,12H2,1H3. The van der Waals surface area contributed by atoms with Gasteiger partial charge in [0.25, 0.3) is 5.79 Å². The lowest BCUT2D eigenvalue weighted by molar-refractivity contribution is -0.231. The maximum absolute atomic E-state index is 13.2. The average molecular weight is 434 g/mol. The molecule has 2 aromatic rings. The smallest absolute Gasteiger partial charge is 0.416 e. The van der Waals surface area contributed by atoms with Gasteiger partial charge >= 0.3 is 12.1 Å². The van der Waals surface area contributed by atoms with Crippen molar-refractivity contribution in [3.05, 3.63) is 88.2 Å². The zero-order chi connectivity index (χ0) is 22.2. The Kier molecular flexibility index (Phi) is 5.24. The van der Waals surface area contributed by atoms with Crippen LogP contribution in [0.5, 0.6) is 5.75 Å². The summed E-state index contributed by atoms with van der Waals surface area (Å²) in [6.45, 7) is 0.0733. The van der Waals surface area contributed by atoms with Crippen LogP contribution in [0.2, 0.25) is 0 Å². The summed E-state index contributed by atoms with van der Waals surface area (Å²) in [7, 11) is 1.47. The molecule has 0 amide bonds. The molecule has 2 heterocycles. The molecule has 0 saturated heterocycles. The molecule has 0 saturated carbocycles. The molecule has 4 rings (SSSR count). The molecule has 162 valence electrons. The Morgan fingerprint density at radius 2 is 1.90 bits per heavy atom. The summed E-state index contributed by atoms with van der Waals surface area (Å²) in [5, 5.41) is 11.4. The molecule has 0 radical (unpaired) electrons. The van der Waals surface area contributed by atoms with Crippen molar-refractivity contribution in [3.63, 3.8) is 0 Å². The van der Waals surface area contributed by atoms with E-state index in [1.54, 1.807) is 12.1 Å². The minimum Gasteiger partial charge on any atom is -0.497 e. The molecular formula is C22H17F3O6. The van der Waals surface area contributed by atoms with Gasteiger partial charge in [0.1, 0.15) is 17.9 Å². The minimum atomic E-state index is -4.54. The van der Waals surface area contributed by atoms with Gasteiger partial charge in [-0.1, -0.05) is 18.2 Å². The molecule has 0 fully saturated rings. The van der Waals surface area contributed by atoms with Crippen LogP contribution in [0.3, 0.4) is 0 Å². The van der Waals surface area contributed by atoms with E-state index in [-0.39, 0.29) is 41.1 Å². The Labute approximate surface area is 175 Å². The Bertz CT molecular complexity index is 1070. The van der Waals surface area contributed by atoms with Crippen molar-refractivity contribution in [2.45, 2.75) is 18.4 Å². The quantitative estimate of drug-likeness (QED) is 0.570. The highest BCUT2D eigenvalue weighted by molar-refractivity contribution is 5.97. The van der Waals surface area contributed by atoms with E-state index in [1.165, 1.54) is 37.5 Å². The van der Waals surface area contributed by atoms with E-state index in [2.05, 4.69) is 0 Å². The van der Waals surface area contributed by atoms with Gasteiger partial charge < -0.3 is 19.5 Å². The second kappa shape index (κ2) is 7.75. The molecule has 2 aromatic carbocycles. The number of rotatable bonds is 5. The van der Waals surface area contributed by atoms with Crippen LogP contribution >= 0.6 is 0 Å². The fourth-order valence-electron chi connectivity index (χ4n) is 3.49. The molecule has 31 heavy (non-hydrogen) atoms. The van der Waals surface area contributed by atoms with E-state index in [1.807, 2.05) is 0 Å². The lowest BCUT2D eigenvalue weighted by Crippen LogP contribution is -2.29. The number of ether oxygens (including phenoxy) is 2. The van der Waals surface area contributed by atoms with Crippen LogP contribution in [0.15, 0.2) is 71.5 Å². The lowest BCUT2D eigenvalue weighted by atomic mass is 9.89. The fourth-order valence-corrected chi connectivity index (χ4v) is 3.49. The van der Waals surface area contributed by atoms with Crippen LogP contribution in [0.1, 0.15) is 16.7 Å². The second-order valence-electron chi connectivity index (χ2n) is 6.93. The average Bonchev–Trinajstić information content (AvgIpc) is 3.35. The molecule has 1 atom stereocenters. The number of carbonyl (C=O) groups excluding carboxylic acids is 1. The maximum Gasteiger partial charge on any atom is 0.416 e. The Hall–Kier alpha value is -3.30. The number of carbonyl (C=O) groups is 1. The zero-order valence-corrected chi connectivity index (χ0v) is 16.2. The first-order chi connectivity index (χ1) is 14.7. The predicted molar refractivity (Wildman–Crippen MR) is 100 cm³/mol. The molecule has 0 spiro atoms. The van der Waals surface area contributed by atoms with Crippen LogP contribution in [0.4, 0.5) is 13.2 Å². The predicted octanol–water partition coefficient (Wildman–Crippen LogP) is 3.80. The summed E-state index contributed by atoms with van der Waals surface area (Å²) < 4.78 is 49.9. The third-order valence-corrected chi connectivity index (χ3v) is 5.00. The van der Waals surface area contributed by atoms with Gasteiger partial charge in [-0.3, -0.25) is 0 Å². The van der Waals surface area contributed by atoms with Crippen molar-refractivity contribution in [2.24, 2.45) is 0 Å². The van der Waals surface area contributed by atoms with E-state index in [9.17, 15) is 23.1 Å². The number of benzene rings is 2. The monoisotopic (exact) mass is 434 g/mol. The highest BCUT2D eigenvalue weighted by Gasteiger charge is 2.50. The molecule has 6 nitrogen and oxygen atoms in total. The third kappa shape index (κ3) is 3.89. The van der Waals surface area contributed by atoms with Gasteiger partial charge in [0.2, 0.25) is 0 Å². The van der Waals surface area contributed by atoms with E-state index in [0.29, 0.717) is 5.75 Å². The van der Waals surface area contributed by atoms with Crippen molar-refractivity contribution in [1.82, 2.24) is 0 Å². The number of aliphatic hydroxyl groups is 1. The van der Waals surface area contributed by atoms with Crippen molar-refractivity contribution >= 4 is 5.97 Å². The van der Waals surface area contributed by atoms with Crippen molar-refractivity contribution in [3.8, 4) is 5.75 Å². The van der Waals surface area contributed by atoms with Crippen molar-refractivity contribution < 1.29 is 42.3 Å². The third-order valence-electron chi connectivity index (χ3n) is 5.00. The lowest BCUT2D eigenvalue weighted by Gasteiger charge is -2.26. The van der Waals surface area contributed by atoms with Crippen molar-refractivity contribution in [2.75, 3.05) is 13.7 Å². The van der Waals surface area contributed by atoms with Gasteiger partial charge in [-0.15, -0.1) is 0 Å². The fraction of sp³-hybridized carbons (Fsp3) is 0.227. The molecule has 9 heteroatoms. The molecule has 1 N–H and O–H groups in total. The normalized spacial score (nSPS) is 21.1. The molecule has 1 unspecified atom stereocenters. The first-order valence-corrected chi connectivity index (χ1v) is 9.22. The van der Waals surface area contributed by atoms with Crippen LogP contribution in [-0.4, -0.2) is 24.8 Å². The Balaban J connectivity index is 1.82. The summed E-state index contributed by atoms with van der Waals surface area (Å²) in [4.78, 5) is 22.5. The SMILES string of the molecule is COc1ccc(C2(O)OC(=O)C(C3=CCOO3)=C2Cc2cccc(C(F)(F)F)c2)cc1. The first kappa shape index (κ1) is 21.0. The van der Waals surface area contributed by atoms with Gasteiger partial charge in [0.05, 0.1) is 12.7 Å². The molecular weight excluding hydrogens is 417 g/mol. The van der Waals surface area contributed by atoms with Crippen LogP contribution in [-0.2, 0) is 37.7 Å². The number of alkyl halides is 3. The van der Waals surface area contributed by atoms with Gasteiger partial charge in [0.15, 0.2) is 5.76 Å². The van der Waals surface area contributed by atoms with Gasteiger partial charge in [-0.05, 0) is 42.0 Å². The summed E-state index contributed by atoms with van der Waals surface area (Å²) >= 11 is 0. The van der Waals surface area contributed by atoms with Crippen LogP contribution < -0.4 is 4.74 Å². The summed E-state index contributed by atoms with van der Waals surface area (Å²) in [5.41, 5.74) is -0.456. The molecule has 0 aliphatic carbocycles. The minimum absolute atomic E-state index is 0.0383.